The van der Waals surface area contributed by atoms with Crippen LogP contribution in [0.15, 0.2) is 30.3 Å². The summed E-state index contributed by atoms with van der Waals surface area (Å²) in [5.74, 6) is -0.168. The molecule has 0 radical (unpaired) electrons. The average molecular weight is 233 g/mol. The Morgan fingerprint density at radius 2 is 2.06 bits per heavy atom. The largest absolute Gasteiger partial charge is 0.469 e. The predicted octanol–water partition coefficient (Wildman–Crippen LogP) is 2.37. The standard InChI is InChI=1S/C14H19NO2/c1-15-11-13-9-7-12(8-10-13)5-3-4-6-14(16)17-2/h3,5,7-10,15H,4,6,11H2,1-2H3/b5-3+. The Balaban J connectivity index is 2.40. The van der Waals surface area contributed by atoms with Crippen molar-refractivity contribution in [2.75, 3.05) is 14.2 Å². The Labute approximate surface area is 102 Å². The highest BCUT2D eigenvalue weighted by molar-refractivity contribution is 5.69. The topological polar surface area (TPSA) is 38.3 Å². The Morgan fingerprint density at radius 3 is 2.65 bits per heavy atom. The Kier molecular flexibility index (Phi) is 6.04. The van der Waals surface area contributed by atoms with E-state index in [9.17, 15) is 4.79 Å². The average Bonchev–Trinajstić information content (AvgIpc) is 2.36. The zero-order chi connectivity index (χ0) is 12.5. The van der Waals surface area contributed by atoms with E-state index in [1.165, 1.54) is 12.7 Å². The second-order valence-electron chi connectivity index (χ2n) is 3.79. The summed E-state index contributed by atoms with van der Waals surface area (Å²) in [6.07, 6.45) is 5.16. The lowest BCUT2D eigenvalue weighted by Crippen LogP contribution is -2.04. The molecule has 1 N–H and O–H groups in total. The van der Waals surface area contributed by atoms with Crippen LogP contribution in [0.2, 0.25) is 0 Å². The first-order chi connectivity index (χ1) is 8.26. The van der Waals surface area contributed by atoms with E-state index in [1.807, 2.05) is 19.2 Å². The van der Waals surface area contributed by atoms with Crippen molar-refractivity contribution in [1.29, 1.82) is 0 Å². The number of benzene rings is 1. The lowest BCUT2D eigenvalue weighted by molar-refractivity contribution is -0.140. The summed E-state index contributed by atoms with van der Waals surface area (Å²) in [7, 11) is 3.34. The first kappa shape index (κ1) is 13.5. The molecule has 0 heterocycles. The lowest BCUT2D eigenvalue weighted by atomic mass is 10.1. The number of carbonyl (C=O) groups is 1. The van der Waals surface area contributed by atoms with Gasteiger partial charge in [0.2, 0.25) is 0 Å². The fraction of sp³-hybridized carbons (Fsp3) is 0.357. The van der Waals surface area contributed by atoms with Gasteiger partial charge in [-0.1, -0.05) is 36.4 Å². The van der Waals surface area contributed by atoms with Gasteiger partial charge in [-0.05, 0) is 24.6 Å². The molecule has 1 aromatic rings. The molecule has 0 amide bonds. The number of esters is 1. The molecule has 1 rings (SSSR count). The van der Waals surface area contributed by atoms with E-state index in [0.717, 1.165) is 12.1 Å². The molecule has 17 heavy (non-hydrogen) atoms. The second-order valence-corrected chi connectivity index (χ2v) is 3.79. The van der Waals surface area contributed by atoms with Gasteiger partial charge in [-0.3, -0.25) is 4.79 Å². The monoisotopic (exact) mass is 233 g/mol. The summed E-state index contributed by atoms with van der Waals surface area (Å²) in [6.45, 7) is 0.881. The number of ether oxygens (including phenoxy) is 1. The maximum Gasteiger partial charge on any atom is 0.305 e. The van der Waals surface area contributed by atoms with Crippen molar-refractivity contribution in [1.82, 2.24) is 5.32 Å². The van der Waals surface area contributed by atoms with Crippen molar-refractivity contribution in [3.05, 3.63) is 41.5 Å². The van der Waals surface area contributed by atoms with Gasteiger partial charge in [0.1, 0.15) is 0 Å². The Hall–Kier alpha value is -1.61. The number of hydrogen-bond acceptors (Lipinski definition) is 3. The molecule has 0 bridgehead atoms. The van der Waals surface area contributed by atoms with Gasteiger partial charge in [0, 0.05) is 13.0 Å². The summed E-state index contributed by atoms with van der Waals surface area (Å²) >= 11 is 0. The first-order valence-corrected chi connectivity index (χ1v) is 5.73. The third kappa shape index (κ3) is 5.31. The summed E-state index contributed by atoms with van der Waals surface area (Å²) < 4.78 is 4.57. The minimum atomic E-state index is -0.168. The molecule has 92 valence electrons. The van der Waals surface area contributed by atoms with Gasteiger partial charge >= 0.3 is 5.97 Å². The van der Waals surface area contributed by atoms with Crippen molar-refractivity contribution < 1.29 is 9.53 Å². The van der Waals surface area contributed by atoms with Crippen LogP contribution in [0.3, 0.4) is 0 Å². The van der Waals surface area contributed by atoms with Crippen LogP contribution >= 0.6 is 0 Å². The summed E-state index contributed by atoms with van der Waals surface area (Å²) in [4.78, 5) is 10.9. The van der Waals surface area contributed by atoms with Crippen LogP contribution in [-0.4, -0.2) is 20.1 Å². The third-order valence-corrected chi connectivity index (χ3v) is 2.41. The van der Waals surface area contributed by atoms with Crippen LogP contribution in [0.25, 0.3) is 6.08 Å². The van der Waals surface area contributed by atoms with E-state index in [4.69, 9.17) is 0 Å². The molecule has 0 aromatic heterocycles. The molecule has 0 fully saturated rings. The first-order valence-electron chi connectivity index (χ1n) is 5.73. The molecular formula is C14H19NO2. The SMILES string of the molecule is CNCc1ccc(/C=C/CCC(=O)OC)cc1. The highest BCUT2D eigenvalue weighted by Gasteiger charge is 1.96. The lowest BCUT2D eigenvalue weighted by Gasteiger charge is -2.00. The maximum absolute atomic E-state index is 10.9. The van der Waals surface area contributed by atoms with E-state index in [1.54, 1.807) is 0 Å². The van der Waals surface area contributed by atoms with E-state index in [-0.39, 0.29) is 5.97 Å². The molecule has 0 aliphatic heterocycles. The van der Waals surface area contributed by atoms with E-state index in [0.29, 0.717) is 12.8 Å². The second kappa shape index (κ2) is 7.63. The summed E-state index contributed by atoms with van der Waals surface area (Å²) in [5, 5.41) is 3.11. The van der Waals surface area contributed by atoms with Gasteiger partial charge in [-0.15, -0.1) is 0 Å². The van der Waals surface area contributed by atoms with Gasteiger partial charge in [0.05, 0.1) is 7.11 Å². The fourth-order valence-electron chi connectivity index (χ4n) is 1.47. The highest BCUT2D eigenvalue weighted by atomic mass is 16.5. The molecule has 1 aromatic carbocycles. The molecule has 3 heteroatoms. The van der Waals surface area contributed by atoms with Crippen LogP contribution in [0.5, 0.6) is 0 Å². The van der Waals surface area contributed by atoms with Crippen molar-refractivity contribution in [2.45, 2.75) is 19.4 Å². The molecule has 0 saturated heterocycles. The number of nitrogens with one attached hydrogen (secondary N) is 1. The van der Waals surface area contributed by atoms with Gasteiger partial charge in [-0.25, -0.2) is 0 Å². The molecule has 0 atom stereocenters. The maximum atomic E-state index is 10.9. The zero-order valence-electron chi connectivity index (χ0n) is 10.4. The van der Waals surface area contributed by atoms with Gasteiger partial charge in [-0.2, -0.15) is 0 Å². The van der Waals surface area contributed by atoms with Crippen molar-refractivity contribution in [3.63, 3.8) is 0 Å². The van der Waals surface area contributed by atoms with Crippen LogP contribution < -0.4 is 5.32 Å². The Bertz CT molecular complexity index is 368. The molecule has 0 saturated carbocycles. The number of hydrogen-bond donors (Lipinski definition) is 1. The number of allylic oxidation sites excluding steroid dienone is 1. The smallest absolute Gasteiger partial charge is 0.305 e. The van der Waals surface area contributed by atoms with Crippen LogP contribution in [0, 0.1) is 0 Å². The van der Waals surface area contributed by atoms with Gasteiger partial charge < -0.3 is 10.1 Å². The predicted molar refractivity (Wildman–Crippen MR) is 69.5 cm³/mol. The quantitative estimate of drug-likeness (QED) is 0.767. The number of rotatable bonds is 6. The fourth-order valence-corrected chi connectivity index (χ4v) is 1.47. The van der Waals surface area contributed by atoms with Crippen molar-refractivity contribution in [3.8, 4) is 0 Å². The summed E-state index contributed by atoms with van der Waals surface area (Å²) in [6, 6.07) is 8.33. The molecule has 0 aliphatic carbocycles. The Morgan fingerprint density at radius 1 is 1.35 bits per heavy atom. The van der Waals surface area contributed by atoms with Crippen molar-refractivity contribution >= 4 is 12.0 Å². The minimum absolute atomic E-state index is 0.168. The number of carbonyl (C=O) groups excluding carboxylic acids is 1. The van der Waals surface area contributed by atoms with Crippen LogP contribution in [0.4, 0.5) is 0 Å². The number of methoxy groups -OCH3 is 1. The van der Waals surface area contributed by atoms with E-state index >= 15 is 0 Å². The van der Waals surface area contributed by atoms with Crippen molar-refractivity contribution in [2.24, 2.45) is 0 Å². The van der Waals surface area contributed by atoms with E-state index < -0.39 is 0 Å². The zero-order valence-corrected chi connectivity index (χ0v) is 10.4. The van der Waals surface area contributed by atoms with E-state index in [2.05, 4.69) is 34.3 Å². The molecule has 0 unspecified atom stereocenters. The molecule has 3 nitrogen and oxygen atoms in total. The van der Waals surface area contributed by atoms with Gasteiger partial charge in [0.15, 0.2) is 0 Å². The molecule has 0 spiro atoms. The van der Waals surface area contributed by atoms with Gasteiger partial charge in [0.25, 0.3) is 0 Å². The minimum Gasteiger partial charge on any atom is -0.469 e. The van der Waals surface area contributed by atoms with Crippen LogP contribution in [-0.2, 0) is 16.1 Å². The summed E-state index contributed by atoms with van der Waals surface area (Å²) in [5.41, 5.74) is 2.41. The highest BCUT2D eigenvalue weighted by Crippen LogP contribution is 2.07. The molecular weight excluding hydrogens is 214 g/mol. The normalized spacial score (nSPS) is 10.7. The van der Waals surface area contributed by atoms with Crippen LogP contribution in [0.1, 0.15) is 24.0 Å². The molecule has 0 aliphatic rings. The third-order valence-electron chi connectivity index (χ3n) is 2.41.